The molecule has 0 saturated heterocycles. The Labute approximate surface area is 93.6 Å². The number of carboxylic acids is 1. The van der Waals surface area contributed by atoms with Gasteiger partial charge in [0.05, 0.1) is 0 Å². The van der Waals surface area contributed by atoms with Crippen LogP contribution in [-0.4, -0.2) is 25.2 Å². The van der Waals surface area contributed by atoms with Gasteiger partial charge in [-0.15, -0.1) is 0 Å². The topological polar surface area (TPSA) is 40.5 Å². The molecule has 0 heterocycles. The summed E-state index contributed by atoms with van der Waals surface area (Å²) in [7, 11) is 3.76. The highest BCUT2D eigenvalue weighted by Crippen LogP contribution is 2.24. The minimum absolute atomic E-state index is 0.631. The van der Waals surface area contributed by atoms with Crippen LogP contribution in [0.5, 0.6) is 0 Å². The first-order chi connectivity index (χ1) is 7.00. The van der Waals surface area contributed by atoms with Crippen molar-refractivity contribution in [3.63, 3.8) is 0 Å². The molecule has 0 aliphatic carbocycles. The van der Waals surface area contributed by atoms with Crippen molar-refractivity contribution in [2.45, 2.75) is 0 Å². The molecule has 0 saturated carbocycles. The van der Waals surface area contributed by atoms with E-state index in [-0.39, 0.29) is 0 Å². The van der Waals surface area contributed by atoms with E-state index < -0.39 is 5.97 Å². The lowest BCUT2D eigenvalue weighted by Gasteiger charge is -2.15. The summed E-state index contributed by atoms with van der Waals surface area (Å²) in [6, 6.07) is 5.32. The normalized spacial score (nSPS) is 10.6. The fraction of sp³-hybridized carbons (Fsp3) is 0.182. The molecule has 4 heteroatoms. The average molecular weight is 226 g/mol. The SMILES string of the molecule is CN(C)c1cc(Cl)ccc1/C=C/C(=O)O. The Morgan fingerprint density at radius 3 is 2.67 bits per heavy atom. The van der Waals surface area contributed by atoms with Crippen molar-refractivity contribution in [3.8, 4) is 0 Å². The van der Waals surface area contributed by atoms with Gasteiger partial charge in [-0.25, -0.2) is 4.79 Å². The van der Waals surface area contributed by atoms with Crippen LogP contribution in [0.2, 0.25) is 5.02 Å². The zero-order valence-corrected chi connectivity index (χ0v) is 9.32. The molecule has 0 aliphatic rings. The van der Waals surface area contributed by atoms with Gasteiger partial charge in [0.1, 0.15) is 0 Å². The number of carboxylic acid groups (broad SMARTS) is 1. The Morgan fingerprint density at radius 2 is 2.13 bits per heavy atom. The molecular weight excluding hydrogens is 214 g/mol. The summed E-state index contributed by atoms with van der Waals surface area (Å²) in [5.74, 6) is -0.963. The van der Waals surface area contributed by atoms with Crippen LogP contribution in [0.25, 0.3) is 6.08 Å². The highest BCUT2D eigenvalue weighted by molar-refractivity contribution is 6.31. The molecule has 1 rings (SSSR count). The van der Waals surface area contributed by atoms with Crippen LogP contribution >= 0.6 is 11.6 Å². The van der Waals surface area contributed by atoms with Crippen molar-refractivity contribution < 1.29 is 9.90 Å². The first-order valence-electron chi connectivity index (χ1n) is 4.38. The first-order valence-corrected chi connectivity index (χ1v) is 4.76. The number of anilines is 1. The van der Waals surface area contributed by atoms with E-state index in [0.717, 1.165) is 17.3 Å². The molecule has 0 spiro atoms. The van der Waals surface area contributed by atoms with Crippen LogP contribution in [-0.2, 0) is 4.79 Å². The first kappa shape index (κ1) is 11.6. The standard InChI is InChI=1S/C11H12ClNO2/c1-13(2)10-7-9(12)5-3-8(10)4-6-11(14)15/h3-7H,1-2H3,(H,14,15)/b6-4+. The molecule has 1 N–H and O–H groups in total. The molecule has 0 fully saturated rings. The molecule has 0 unspecified atom stereocenters. The molecular formula is C11H12ClNO2. The maximum absolute atomic E-state index is 10.4. The predicted octanol–water partition coefficient (Wildman–Crippen LogP) is 2.50. The number of nitrogens with zero attached hydrogens (tertiary/aromatic N) is 1. The zero-order chi connectivity index (χ0) is 11.4. The summed E-state index contributed by atoms with van der Waals surface area (Å²) in [5, 5.41) is 9.16. The van der Waals surface area contributed by atoms with E-state index in [0.29, 0.717) is 5.02 Å². The Hall–Kier alpha value is -1.48. The third-order valence-electron chi connectivity index (χ3n) is 1.88. The van der Waals surface area contributed by atoms with E-state index in [1.54, 1.807) is 24.3 Å². The maximum Gasteiger partial charge on any atom is 0.328 e. The van der Waals surface area contributed by atoms with E-state index in [9.17, 15) is 4.79 Å². The second-order valence-corrected chi connectivity index (χ2v) is 3.71. The highest BCUT2D eigenvalue weighted by atomic mass is 35.5. The van der Waals surface area contributed by atoms with E-state index in [2.05, 4.69) is 0 Å². The summed E-state index contributed by atoms with van der Waals surface area (Å²) in [6.45, 7) is 0. The zero-order valence-electron chi connectivity index (χ0n) is 8.57. The van der Waals surface area contributed by atoms with Crippen LogP contribution < -0.4 is 4.90 Å². The van der Waals surface area contributed by atoms with Gasteiger partial charge in [0.15, 0.2) is 0 Å². The van der Waals surface area contributed by atoms with Gasteiger partial charge in [-0.05, 0) is 23.8 Å². The molecule has 0 bridgehead atoms. The van der Waals surface area contributed by atoms with Crippen LogP contribution in [0, 0.1) is 0 Å². The number of carbonyl (C=O) groups is 1. The van der Waals surface area contributed by atoms with Gasteiger partial charge >= 0.3 is 5.97 Å². The lowest BCUT2D eigenvalue weighted by atomic mass is 10.1. The Morgan fingerprint density at radius 1 is 1.47 bits per heavy atom. The van der Waals surface area contributed by atoms with E-state index in [1.165, 1.54) is 0 Å². The number of rotatable bonds is 3. The fourth-order valence-electron chi connectivity index (χ4n) is 1.21. The predicted molar refractivity (Wildman–Crippen MR) is 62.4 cm³/mol. The van der Waals surface area contributed by atoms with Crippen molar-refractivity contribution in [2.75, 3.05) is 19.0 Å². The highest BCUT2D eigenvalue weighted by Gasteiger charge is 2.02. The molecule has 0 atom stereocenters. The Kier molecular flexibility index (Phi) is 3.74. The lowest BCUT2D eigenvalue weighted by molar-refractivity contribution is -0.131. The second kappa shape index (κ2) is 4.84. The molecule has 0 aromatic heterocycles. The quantitative estimate of drug-likeness (QED) is 0.804. The number of halogens is 1. The van der Waals surface area contributed by atoms with Crippen molar-refractivity contribution in [1.82, 2.24) is 0 Å². The molecule has 3 nitrogen and oxygen atoms in total. The number of hydrogen-bond donors (Lipinski definition) is 1. The van der Waals surface area contributed by atoms with Gasteiger partial charge in [0, 0.05) is 30.9 Å². The minimum Gasteiger partial charge on any atom is -0.478 e. The summed E-state index contributed by atoms with van der Waals surface area (Å²) in [5.41, 5.74) is 1.71. The van der Waals surface area contributed by atoms with E-state index >= 15 is 0 Å². The monoisotopic (exact) mass is 225 g/mol. The second-order valence-electron chi connectivity index (χ2n) is 3.27. The molecule has 0 aliphatic heterocycles. The van der Waals surface area contributed by atoms with Crippen molar-refractivity contribution >= 4 is 29.3 Å². The van der Waals surface area contributed by atoms with Crippen molar-refractivity contribution in [1.29, 1.82) is 0 Å². The van der Waals surface area contributed by atoms with E-state index in [4.69, 9.17) is 16.7 Å². The number of aliphatic carboxylic acids is 1. The fourth-order valence-corrected chi connectivity index (χ4v) is 1.37. The summed E-state index contributed by atoms with van der Waals surface area (Å²) >= 11 is 5.86. The molecule has 1 aromatic rings. The third kappa shape index (κ3) is 3.29. The van der Waals surface area contributed by atoms with Gasteiger partial charge in [0.2, 0.25) is 0 Å². The number of benzene rings is 1. The van der Waals surface area contributed by atoms with Crippen LogP contribution in [0.1, 0.15) is 5.56 Å². The Balaban J connectivity index is 3.11. The van der Waals surface area contributed by atoms with Crippen molar-refractivity contribution in [3.05, 3.63) is 34.9 Å². The van der Waals surface area contributed by atoms with Gasteiger partial charge in [0.25, 0.3) is 0 Å². The van der Waals surface area contributed by atoms with Crippen LogP contribution in [0.4, 0.5) is 5.69 Å². The smallest absolute Gasteiger partial charge is 0.328 e. The summed E-state index contributed by atoms with van der Waals surface area (Å²) < 4.78 is 0. The molecule has 15 heavy (non-hydrogen) atoms. The molecule has 1 aromatic carbocycles. The average Bonchev–Trinajstić information content (AvgIpc) is 2.15. The van der Waals surface area contributed by atoms with Crippen LogP contribution in [0.3, 0.4) is 0 Å². The molecule has 0 amide bonds. The minimum atomic E-state index is -0.963. The summed E-state index contributed by atoms with van der Waals surface area (Å²) in [4.78, 5) is 12.3. The molecule has 80 valence electrons. The van der Waals surface area contributed by atoms with Gasteiger partial charge in [-0.1, -0.05) is 17.7 Å². The summed E-state index contributed by atoms with van der Waals surface area (Å²) in [6.07, 6.45) is 2.66. The molecule has 0 radical (unpaired) electrons. The third-order valence-corrected chi connectivity index (χ3v) is 2.11. The van der Waals surface area contributed by atoms with E-state index in [1.807, 2.05) is 19.0 Å². The maximum atomic E-state index is 10.4. The van der Waals surface area contributed by atoms with Crippen LogP contribution in [0.15, 0.2) is 24.3 Å². The van der Waals surface area contributed by atoms with Crippen molar-refractivity contribution in [2.24, 2.45) is 0 Å². The van der Waals surface area contributed by atoms with Gasteiger partial charge in [-0.2, -0.15) is 0 Å². The lowest BCUT2D eigenvalue weighted by Crippen LogP contribution is -2.10. The van der Waals surface area contributed by atoms with Gasteiger partial charge < -0.3 is 10.0 Å². The Bertz CT molecular complexity index is 400. The van der Waals surface area contributed by atoms with Gasteiger partial charge in [-0.3, -0.25) is 0 Å². The number of hydrogen-bond acceptors (Lipinski definition) is 2. The largest absolute Gasteiger partial charge is 0.478 e.